The molecule has 22 heavy (non-hydrogen) atoms. The number of nitrogens with one attached hydrogen (secondary N) is 2. The highest BCUT2D eigenvalue weighted by molar-refractivity contribution is 6.09. The van der Waals surface area contributed by atoms with Gasteiger partial charge in [0.05, 0.1) is 0 Å². The Morgan fingerprint density at radius 1 is 1.18 bits per heavy atom. The van der Waals surface area contributed by atoms with Crippen molar-refractivity contribution in [3.63, 3.8) is 0 Å². The summed E-state index contributed by atoms with van der Waals surface area (Å²) in [5, 5.41) is 5.75. The molecule has 0 spiro atoms. The van der Waals surface area contributed by atoms with Crippen LogP contribution in [0.5, 0.6) is 0 Å². The molecule has 0 radical (unpaired) electrons. The standard InChI is InChI=1S/C16H25N3O3/c1-16(11-8-9-11)14(21)19(15(22)18-16)10-13(20)17-12-6-4-2-3-5-7-12/h11-12H,2-10H2,1H3,(H,17,20)(H,18,22)/t16-/m0/s1. The summed E-state index contributed by atoms with van der Waals surface area (Å²) in [5.41, 5.74) is -0.806. The van der Waals surface area contributed by atoms with E-state index in [-0.39, 0.29) is 30.3 Å². The Kier molecular flexibility index (Phi) is 4.10. The minimum absolute atomic E-state index is 0.163. The predicted molar refractivity (Wildman–Crippen MR) is 81.0 cm³/mol. The van der Waals surface area contributed by atoms with Crippen LogP contribution in [0.1, 0.15) is 58.3 Å². The molecule has 1 heterocycles. The normalized spacial score (nSPS) is 30.1. The van der Waals surface area contributed by atoms with Crippen molar-refractivity contribution in [3.8, 4) is 0 Å². The Morgan fingerprint density at radius 3 is 2.41 bits per heavy atom. The van der Waals surface area contributed by atoms with Crippen molar-refractivity contribution in [1.29, 1.82) is 0 Å². The van der Waals surface area contributed by atoms with Crippen LogP contribution in [0.4, 0.5) is 4.79 Å². The molecule has 6 heteroatoms. The average Bonchev–Trinajstić information content (AvgIpc) is 3.28. The Hall–Kier alpha value is -1.59. The molecule has 122 valence electrons. The van der Waals surface area contributed by atoms with Gasteiger partial charge in [0.15, 0.2) is 0 Å². The highest BCUT2D eigenvalue weighted by Gasteiger charge is 2.56. The van der Waals surface area contributed by atoms with Gasteiger partial charge in [0.2, 0.25) is 5.91 Å². The average molecular weight is 307 g/mol. The molecule has 1 aliphatic heterocycles. The maximum atomic E-state index is 12.5. The summed E-state index contributed by atoms with van der Waals surface area (Å²) in [6, 6.07) is -0.249. The minimum Gasteiger partial charge on any atom is -0.352 e. The molecular formula is C16H25N3O3. The lowest BCUT2D eigenvalue weighted by Gasteiger charge is -2.21. The Bertz CT molecular complexity index is 481. The molecule has 6 nitrogen and oxygen atoms in total. The van der Waals surface area contributed by atoms with Gasteiger partial charge in [-0.2, -0.15) is 0 Å². The lowest BCUT2D eigenvalue weighted by Crippen LogP contribution is -2.47. The molecule has 2 saturated carbocycles. The van der Waals surface area contributed by atoms with E-state index in [1.165, 1.54) is 12.8 Å². The van der Waals surface area contributed by atoms with Crippen LogP contribution in [-0.2, 0) is 9.59 Å². The quantitative estimate of drug-likeness (QED) is 0.611. The first-order chi connectivity index (χ1) is 10.5. The van der Waals surface area contributed by atoms with Gasteiger partial charge in [-0.3, -0.25) is 14.5 Å². The van der Waals surface area contributed by atoms with Gasteiger partial charge in [0.1, 0.15) is 12.1 Å². The fourth-order valence-electron chi connectivity index (χ4n) is 3.64. The van der Waals surface area contributed by atoms with Crippen LogP contribution >= 0.6 is 0 Å². The lowest BCUT2D eigenvalue weighted by atomic mass is 9.96. The molecule has 2 N–H and O–H groups in total. The van der Waals surface area contributed by atoms with Crippen LogP contribution in [0.25, 0.3) is 0 Å². The Morgan fingerprint density at radius 2 is 1.82 bits per heavy atom. The second-order valence-electron chi connectivity index (χ2n) is 7.05. The second kappa shape index (κ2) is 5.89. The van der Waals surface area contributed by atoms with E-state index in [9.17, 15) is 14.4 Å². The van der Waals surface area contributed by atoms with Crippen molar-refractivity contribution < 1.29 is 14.4 Å². The molecule has 3 fully saturated rings. The van der Waals surface area contributed by atoms with E-state index in [1.807, 2.05) is 0 Å². The van der Waals surface area contributed by atoms with E-state index in [2.05, 4.69) is 10.6 Å². The smallest absolute Gasteiger partial charge is 0.325 e. The number of amides is 4. The van der Waals surface area contributed by atoms with Crippen LogP contribution in [0.2, 0.25) is 0 Å². The summed E-state index contributed by atoms with van der Waals surface area (Å²) < 4.78 is 0. The number of hydrogen-bond donors (Lipinski definition) is 2. The zero-order valence-corrected chi connectivity index (χ0v) is 13.2. The zero-order valence-electron chi connectivity index (χ0n) is 13.2. The van der Waals surface area contributed by atoms with Gasteiger partial charge in [-0.05, 0) is 38.5 Å². The van der Waals surface area contributed by atoms with Crippen molar-refractivity contribution in [2.45, 2.75) is 69.9 Å². The molecule has 0 aromatic rings. The third-order valence-corrected chi connectivity index (χ3v) is 5.22. The summed E-state index contributed by atoms with van der Waals surface area (Å²) in [6.07, 6.45) is 8.62. The maximum Gasteiger partial charge on any atom is 0.325 e. The van der Waals surface area contributed by atoms with E-state index < -0.39 is 11.6 Å². The molecule has 1 saturated heterocycles. The molecule has 0 aromatic carbocycles. The van der Waals surface area contributed by atoms with Gasteiger partial charge in [-0.1, -0.05) is 25.7 Å². The van der Waals surface area contributed by atoms with Gasteiger partial charge < -0.3 is 10.6 Å². The van der Waals surface area contributed by atoms with Crippen molar-refractivity contribution in [1.82, 2.24) is 15.5 Å². The number of hydrogen-bond acceptors (Lipinski definition) is 3. The fraction of sp³-hybridized carbons (Fsp3) is 0.812. The number of carbonyl (C=O) groups is 3. The molecule has 0 bridgehead atoms. The van der Waals surface area contributed by atoms with Crippen LogP contribution in [0, 0.1) is 5.92 Å². The van der Waals surface area contributed by atoms with E-state index in [1.54, 1.807) is 6.92 Å². The molecule has 2 aliphatic carbocycles. The Balaban J connectivity index is 1.56. The molecule has 3 aliphatic rings. The van der Waals surface area contributed by atoms with Crippen molar-refractivity contribution in [3.05, 3.63) is 0 Å². The molecule has 0 unspecified atom stereocenters. The van der Waals surface area contributed by atoms with Crippen molar-refractivity contribution >= 4 is 17.8 Å². The third-order valence-electron chi connectivity index (χ3n) is 5.22. The van der Waals surface area contributed by atoms with Gasteiger partial charge in [0, 0.05) is 6.04 Å². The minimum atomic E-state index is -0.806. The van der Waals surface area contributed by atoms with E-state index in [0.717, 1.165) is 43.4 Å². The summed E-state index contributed by atoms with van der Waals surface area (Å²) in [5.74, 6) is -0.259. The number of urea groups is 1. The summed E-state index contributed by atoms with van der Waals surface area (Å²) >= 11 is 0. The molecule has 1 atom stereocenters. The number of nitrogens with zero attached hydrogens (tertiary/aromatic N) is 1. The highest BCUT2D eigenvalue weighted by atomic mass is 16.2. The third kappa shape index (κ3) is 2.96. The first-order valence-corrected chi connectivity index (χ1v) is 8.44. The summed E-state index contributed by atoms with van der Waals surface area (Å²) in [7, 11) is 0. The first kappa shape index (κ1) is 15.3. The second-order valence-corrected chi connectivity index (χ2v) is 7.05. The van der Waals surface area contributed by atoms with Crippen LogP contribution in [-0.4, -0.2) is 40.9 Å². The fourth-order valence-corrected chi connectivity index (χ4v) is 3.64. The number of rotatable bonds is 4. The van der Waals surface area contributed by atoms with Crippen LogP contribution in [0.3, 0.4) is 0 Å². The maximum absolute atomic E-state index is 12.5. The van der Waals surface area contributed by atoms with Gasteiger partial charge >= 0.3 is 6.03 Å². The van der Waals surface area contributed by atoms with E-state index in [0.29, 0.717) is 0 Å². The van der Waals surface area contributed by atoms with Gasteiger partial charge in [0.25, 0.3) is 5.91 Å². The largest absolute Gasteiger partial charge is 0.352 e. The first-order valence-electron chi connectivity index (χ1n) is 8.44. The number of imide groups is 1. The zero-order chi connectivity index (χ0) is 15.7. The monoisotopic (exact) mass is 307 g/mol. The molecular weight excluding hydrogens is 282 g/mol. The summed E-state index contributed by atoms with van der Waals surface area (Å²) in [6.45, 7) is 1.61. The topological polar surface area (TPSA) is 78.5 Å². The Labute approximate surface area is 131 Å². The van der Waals surface area contributed by atoms with Crippen molar-refractivity contribution in [2.24, 2.45) is 5.92 Å². The lowest BCUT2D eigenvalue weighted by molar-refractivity contribution is -0.135. The molecule has 3 rings (SSSR count). The predicted octanol–water partition coefficient (Wildman–Crippen LogP) is 1.55. The van der Waals surface area contributed by atoms with Gasteiger partial charge in [-0.15, -0.1) is 0 Å². The van der Waals surface area contributed by atoms with E-state index >= 15 is 0 Å². The highest BCUT2D eigenvalue weighted by Crippen LogP contribution is 2.42. The SMILES string of the molecule is C[C@@]1(C2CC2)NC(=O)N(CC(=O)NC2CCCCCC2)C1=O. The molecule has 4 amide bonds. The van der Waals surface area contributed by atoms with Crippen molar-refractivity contribution in [2.75, 3.05) is 6.54 Å². The van der Waals surface area contributed by atoms with Gasteiger partial charge in [-0.25, -0.2) is 4.79 Å². The summed E-state index contributed by atoms with van der Waals surface area (Å²) in [4.78, 5) is 37.7. The molecule has 0 aromatic heterocycles. The van der Waals surface area contributed by atoms with Crippen LogP contribution < -0.4 is 10.6 Å². The number of carbonyl (C=O) groups excluding carboxylic acids is 3. The van der Waals surface area contributed by atoms with E-state index in [4.69, 9.17) is 0 Å². The van der Waals surface area contributed by atoms with Crippen LogP contribution in [0.15, 0.2) is 0 Å².